The van der Waals surface area contributed by atoms with E-state index in [4.69, 9.17) is 14.2 Å². The van der Waals surface area contributed by atoms with Crippen molar-refractivity contribution >= 4 is 30.9 Å². The topological polar surface area (TPSA) is 88.5 Å². The van der Waals surface area contributed by atoms with Gasteiger partial charge >= 0.3 is 6.09 Å². The number of ether oxygens (including phenoxy) is 3. The third-order valence-electron chi connectivity index (χ3n) is 9.59. The highest BCUT2D eigenvalue weighted by atomic mass is 28.3. The van der Waals surface area contributed by atoms with Crippen LogP contribution in [0.15, 0.2) is 78.9 Å². The third kappa shape index (κ3) is 7.60. The molecule has 0 bridgehead atoms. The van der Waals surface area contributed by atoms with Crippen LogP contribution in [0.5, 0.6) is 5.75 Å². The van der Waals surface area contributed by atoms with Crippen LogP contribution in [-0.2, 0) is 27.2 Å². The van der Waals surface area contributed by atoms with Gasteiger partial charge in [-0.1, -0.05) is 79.8 Å². The van der Waals surface area contributed by atoms with Gasteiger partial charge in [-0.15, -0.1) is 0 Å². The van der Waals surface area contributed by atoms with Crippen molar-refractivity contribution in [2.24, 2.45) is 5.92 Å². The van der Waals surface area contributed by atoms with Gasteiger partial charge in [0.05, 0.1) is 47.0 Å². The number of hydrogen-bond acceptors (Lipinski definition) is 6. The van der Waals surface area contributed by atoms with Crippen molar-refractivity contribution in [1.82, 2.24) is 4.90 Å². The van der Waals surface area contributed by atoms with Crippen molar-refractivity contribution in [1.29, 1.82) is 0 Å². The van der Waals surface area contributed by atoms with Crippen LogP contribution in [-0.4, -0.2) is 75.7 Å². The Kier molecular flexibility index (Phi) is 10.6. The second-order valence-corrected chi connectivity index (χ2v) is 17.4. The van der Waals surface area contributed by atoms with Gasteiger partial charge in [-0.3, -0.25) is 9.69 Å². The number of cyclic esters (lactones) is 1. The molecule has 0 saturated carbocycles. The fraction of sp³-hybridized carbons (Fsp3) is 0.444. The van der Waals surface area contributed by atoms with E-state index in [1.807, 2.05) is 54.6 Å². The van der Waals surface area contributed by atoms with E-state index in [9.17, 15) is 14.7 Å². The summed E-state index contributed by atoms with van der Waals surface area (Å²) >= 11 is 0. The van der Waals surface area contributed by atoms with E-state index >= 15 is 0 Å². The fourth-order valence-electron chi connectivity index (χ4n) is 7.18. The zero-order valence-corrected chi connectivity index (χ0v) is 27.9. The summed E-state index contributed by atoms with van der Waals surface area (Å²) in [6.07, 6.45) is 1.34. The quantitative estimate of drug-likeness (QED) is 0.255. The predicted molar refractivity (Wildman–Crippen MR) is 179 cm³/mol. The van der Waals surface area contributed by atoms with Gasteiger partial charge < -0.3 is 24.2 Å². The summed E-state index contributed by atoms with van der Waals surface area (Å²) < 4.78 is 17.4. The van der Waals surface area contributed by atoms with Crippen molar-refractivity contribution in [3.63, 3.8) is 0 Å². The van der Waals surface area contributed by atoms with Gasteiger partial charge in [0.15, 0.2) is 0 Å². The zero-order chi connectivity index (χ0) is 32.0. The maximum absolute atomic E-state index is 13.9. The molecule has 0 unspecified atom stereocenters. The maximum Gasteiger partial charge on any atom is 0.414 e. The summed E-state index contributed by atoms with van der Waals surface area (Å²) in [6.45, 7) is 8.66. The average Bonchev–Trinajstić information content (AvgIpc) is 3.62. The molecule has 0 aliphatic carbocycles. The SMILES string of the molecule is COc1ccc([Si](C)(C)[C@@H]2[C@@H](C)[C@@H](CCc3cccc(N4CCOC4=O)c3)O[C@H]2CC(=O)N(CCO)Cc2ccccc2)cc1. The van der Waals surface area contributed by atoms with E-state index in [-0.39, 0.29) is 55.2 Å². The number of anilines is 1. The number of hydrogen-bond donors (Lipinski definition) is 1. The Balaban J connectivity index is 1.36. The lowest BCUT2D eigenvalue weighted by atomic mass is 9.95. The molecule has 5 rings (SSSR count). The van der Waals surface area contributed by atoms with Crippen molar-refractivity contribution in [2.75, 3.05) is 38.3 Å². The summed E-state index contributed by atoms with van der Waals surface area (Å²) in [7, 11) is -0.468. The van der Waals surface area contributed by atoms with E-state index in [2.05, 4.69) is 44.3 Å². The number of amides is 2. The Bertz CT molecular complexity index is 1430. The Morgan fingerprint density at radius 3 is 2.42 bits per heavy atom. The van der Waals surface area contributed by atoms with Gasteiger partial charge in [0.1, 0.15) is 12.4 Å². The van der Waals surface area contributed by atoms with E-state index in [1.165, 1.54) is 5.19 Å². The molecule has 2 heterocycles. The highest BCUT2D eigenvalue weighted by Crippen LogP contribution is 2.46. The Morgan fingerprint density at radius 1 is 1.02 bits per heavy atom. The second-order valence-electron chi connectivity index (χ2n) is 12.8. The Labute approximate surface area is 267 Å². The summed E-state index contributed by atoms with van der Waals surface area (Å²) in [5.41, 5.74) is 3.24. The second kappa shape index (κ2) is 14.6. The van der Waals surface area contributed by atoms with Crippen LogP contribution in [0.2, 0.25) is 18.6 Å². The van der Waals surface area contributed by atoms with Crippen molar-refractivity contribution in [2.45, 2.75) is 63.6 Å². The summed E-state index contributed by atoms with van der Waals surface area (Å²) in [6, 6.07) is 26.4. The number of aliphatic hydroxyl groups is 1. The van der Waals surface area contributed by atoms with Crippen LogP contribution in [0, 0.1) is 5.92 Å². The molecule has 2 saturated heterocycles. The predicted octanol–water partition coefficient (Wildman–Crippen LogP) is 5.38. The summed E-state index contributed by atoms with van der Waals surface area (Å²) in [5.74, 6) is 1.07. The molecule has 0 spiro atoms. The van der Waals surface area contributed by atoms with E-state index in [0.29, 0.717) is 19.7 Å². The Morgan fingerprint density at radius 2 is 1.76 bits per heavy atom. The number of rotatable bonds is 13. The number of carbonyl (C=O) groups excluding carboxylic acids is 2. The van der Waals surface area contributed by atoms with Crippen molar-refractivity contribution in [3.8, 4) is 5.75 Å². The molecular formula is C36H46N2O6Si. The normalized spacial score (nSPS) is 21.5. The lowest BCUT2D eigenvalue weighted by molar-refractivity contribution is -0.135. The molecule has 2 aliphatic rings. The van der Waals surface area contributed by atoms with Gasteiger partial charge in [0.25, 0.3) is 0 Å². The van der Waals surface area contributed by atoms with Crippen molar-refractivity contribution in [3.05, 3.63) is 90.0 Å². The molecule has 45 heavy (non-hydrogen) atoms. The Hall–Kier alpha value is -3.66. The third-order valence-corrected chi connectivity index (χ3v) is 14.0. The summed E-state index contributed by atoms with van der Waals surface area (Å²) in [4.78, 5) is 29.4. The standard InChI is InChI=1S/C36H46N2O6Si/c1-26-32(18-13-27-11-8-12-29(23-27)38-20-22-43-36(38)41)44-33(35(26)45(3,4)31-16-14-30(42-2)15-17-31)24-34(40)37(19-21-39)25-28-9-6-5-7-10-28/h5-12,14-17,23,26,32-33,35,39H,13,18-22,24-25H2,1-4H3/t26-,32+,33-,35+/m0/s1. The highest BCUT2D eigenvalue weighted by molar-refractivity contribution is 6.91. The number of benzene rings is 3. The fourth-order valence-corrected chi connectivity index (χ4v) is 11.2. The lowest BCUT2D eigenvalue weighted by Gasteiger charge is -2.36. The molecule has 0 aromatic heterocycles. The number of methoxy groups -OCH3 is 1. The first kappa shape index (κ1) is 32.7. The average molecular weight is 631 g/mol. The van der Waals surface area contributed by atoms with E-state index in [1.54, 1.807) is 16.9 Å². The van der Waals surface area contributed by atoms with Crippen LogP contribution in [0.1, 0.15) is 30.9 Å². The van der Waals surface area contributed by atoms with Gasteiger partial charge in [-0.05, 0) is 59.7 Å². The molecular weight excluding hydrogens is 584 g/mol. The number of nitrogens with zero attached hydrogens (tertiary/aromatic N) is 2. The molecule has 4 atom stereocenters. The molecule has 240 valence electrons. The molecule has 0 radical (unpaired) electrons. The molecule has 2 fully saturated rings. The van der Waals surface area contributed by atoms with E-state index in [0.717, 1.165) is 35.4 Å². The van der Waals surface area contributed by atoms with Gasteiger partial charge in [-0.25, -0.2) is 4.79 Å². The molecule has 2 amide bonds. The number of aliphatic hydroxyl groups excluding tert-OH is 1. The number of aryl methyl sites for hydroxylation is 1. The molecule has 8 nitrogen and oxygen atoms in total. The molecule has 9 heteroatoms. The minimum Gasteiger partial charge on any atom is -0.497 e. The molecule has 3 aromatic carbocycles. The van der Waals surface area contributed by atoms with Crippen LogP contribution in [0.4, 0.5) is 10.5 Å². The van der Waals surface area contributed by atoms with E-state index < -0.39 is 8.07 Å². The van der Waals surface area contributed by atoms with Crippen LogP contribution in [0.25, 0.3) is 0 Å². The monoisotopic (exact) mass is 630 g/mol. The first-order valence-corrected chi connectivity index (χ1v) is 19.0. The maximum atomic E-state index is 13.9. The van der Waals surface area contributed by atoms with Crippen molar-refractivity contribution < 1.29 is 28.9 Å². The van der Waals surface area contributed by atoms with Gasteiger partial charge in [0, 0.05) is 18.8 Å². The molecule has 1 N–H and O–H groups in total. The molecule has 3 aromatic rings. The zero-order valence-electron chi connectivity index (χ0n) is 26.9. The smallest absolute Gasteiger partial charge is 0.414 e. The summed E-state index contributed by atoms with van der Waals surface area (Å²) in [5, 5.41) is 11.1. The lowest BCUT2D eigenvalue weighted by Crippen LogP contribution is -2.51. The number of carbonyl (C=O) groups is 2. The van der Waals surface area contributed by atoms with Crippen LogP contribution in [0.3, 0.4) is 0 Å². The van der Waals surface area contributed by atoms with Crippen LogP contribution >= 0.6 is 0 Å². The largest absolute Gasteiger partial charge is 0.497 e. The first-order valence-electron chi connectivity index (χ1n) is 16.0. The van der Waals surface area contributed by atoms with Crippen LogP contribution < -0.4 is 14.8 Å². The minimum absolute atomic E-state index is 0.000449. The highest BCUT2D eigenvalue weighted by Gasteiger charge is 2.51. The van der Waals surface area contributed by atoms with Gasteiger partial charge in [-0.2, -0.15) is 0 Å². The van der Waals surface area contributed by atoms with Gasteiger partial charge in [0.2, 0.25) is 5.91 Å². The minimum atomic E-state index is -2.15. The molecule has 2 aliphatic heterocycles. The first-order chi connectivity index (χ1) is 21.7.